The first-order valence-electron chi connectivity index (χ1n) is 6.45. The Labute approximate surface area is 127 Å². The van der Waals surface area contributed by atoms with Gasteiger partial charge in [-0.3, -0.25) is 9.59 Å². The van der Waals surface area contributed by atoms with E-state index in [1.54, 1.807) is 24.6 Å². The summed E-state index contributed by atoms with van der Waals surface area (Å²) < 4.78 is 0. The van der Waals surface area contributed by atoms with Crippen LogP contribution < -0.4 is 16.4 Å². The van der Waals surface area contributed by atoms with E-state index in [1.807, 2.05) is 19.1 Å². The maximum Gasteiger partial charge on any atom is 0.251 e. The average molecular weight is 303 g/mol. The number of anilines is 1. The van der Waals surface area contributed by atoms with E-state index < -0.39 is 5.91 Å². The minimum Gasteiger partial charge on any atom is -0.380 e. The quantitative estimate of drug-likeness (QED) is 0.791. The van der Waals surface area contributed by atoms with E-state index in [1.165, 1.54) is 11.3 Å². The molecule has 21 heavy (non-hydrogen) atoms. The lowest BCUT2D eigenvalue weighted by Crippen LogP contribution is -2.18. The molecule has 0 bridgehead atoms. The molecule has 0 aliphatic carbocycles. The molecule has 2 rings (SSSR count). The predicted molar refractivity (Wildman–Crippen MR) is 84.7 cm³/mol. The number of benzene rings is 1. The number of primary amides is 1. The predicted octanol–water partition coefficient (Wildman–Crippen LogP) is 2.13. The van der Waals surface area contributed by atoms with Crippen molar-refractivity contribution < 1.29 is 9.59 Å². The van der Waals surface area contributed by atoms with Crippen molar-refractivity contribution in [1.29, 1.82) is 0 Å². The van der Waals surface area contributed by atoms with Gasteiger partial charge >= 0.3 is 0 Å². The maximum atomic E-state index is 11.6. The third-order valence-corrected chi connectivity index (χ3v) is 4.05. The first-order chi connectivity index (χ1) is 10.0. The second kappa shape index (κ2) is 6.41. The zero-order chi connectivity index (χ0) is 15.4. The molecule has 0 saturated heterocycles. The van der Waals surface area contributed by atoms with Crippen molar-refractivity contribution in [2.45, 2.75) is 13.5 Å². The van der Waals surface area contributed by atoms with Crippen molar-refractivity contribution in [2.75, 3.05) is 12.4 Å². The first kappa shape index (κ1) is 15.1. The number of rotatable bonds is 5. The second-order valence-corrected chi connectivity index (χ2v) is 5.62. The second-order valence-electron chi connectivity index (χ2n) is 4.63. The molecule has 5 nitrogen and oxygen atoms in total. The van der Waals surface area contributed by atoms with E-state index >= 15 is 0 Å². The number of amides is 2. The summed E-state index contributed by atoms with van der Waals surface area (Å²) in [5, 5.41) is 7.62. The van der Waals surface area contributed by atoms with E-state index in [-0.39, 0.29) is 5.91 Å². The van der Waals surface area contributed by atoms with Gasteiger partial charge in [0, 0.05) is 35.1 Å². The highest BCUT2D eigenvalue weighted by molar-refractivity contribution is 7.10. The molecule has 0 spiro atoms. The minimum absolute atomic E-state index is 0.120. The zero-order valence-corrected chi connectivity index (χ0v) is 12.7. The SMILES string of the molecule is CNC(=O)c1ccc(C)c(NCc2cc(C(N)=O)cs2)c1. The summed E-state index contributed by atoms with van der Waals surface area (Å²) in [5.74, 6) is -0.541. The molecule has 0 unspecified atom stereocenters. The largest absolute Gasteiger partial charge is 0.380 e. The fourth-order valence-corrected chi connectivity index (χ4v) is 2.70. The average Bonchev–Trinajstić information content (AvgIpc) is 2.94. The van der Waals surface area contributed by atoms with Crippen molar-refractivity contribution in [3.05, 3.63) is 51.2 Å². The number of aryl methyl sites for hydroxylation is 1. The van der Waals surface area contributed by atoms with E-state index in [0.29, 0.717) is 17.7 Å². The molecule has 110 valence electrons. The van der Waals surface area contributed by atoms with Crippen LogP contribution in [-0.2, 0) is 6.54 Å². The molecule has 0 radical (unpaired) electrons. The van der Waals surface area contributed by atoms with Crippen molar-refractivity contribution in [2.24, 2.45) is 5.73 Å². The Morgan fingerprint density at radius 2 is 2.00 bits per heavy atom. The van der Waals surface area contributed by atoms with Gasteiger partial charge < -0.3 is 16.4 Å². The third-order valence-electron chi connectivity index (χ3n) is 3.12. The number of nitrogens with two attached hydrogens (primary N) is 1. The zero-order valence-electron chi connectivity index (χ0n) is 11.9. The van der Waals surface area contributed by atoms with Crippen molar-refractivity contribution in [3.8, 4) is 0 Å². The Morgan fingerprint density at radius 3 is 2.62 bits per heavy atom. The summed E-state index contributed by atoms with van der Waals surface area (Å²) in [7, 11) is 1.60. The van der Waals surface area contributed by atoms with Gasteiger partial charge in [0.05, 0.1) is 5.56 Å². The van der Waals surface area contributed by atoms with Crippen LogP contribution >= 0.6 is 11.3 Å². The van der Waals surface area contributed by atoms with Gasteiger partial charge in [0.15, 0.2) is 0 Å². The molecule has 0 atom stereocenters. The first-order valence-corrected chi connectivity index (χ1v) is 7.33. The van der Waals surface area contributed by atoms with Crippen molar-refractivity contribution in [3.63, 3.8) is 0 Å². The van der Waals surface area contributed by atoms with Crippen LogP contribution in [0, 0.1) is 6.92 Å². The van der Waals surface area contributed by atoms with E-state index in [2.05, 4.69) is 10.6 Å². The number of nitrogens with one attached hydrogen (secondary N) is 2. The van der Waals surface area contributed by atoms with Gasteiger partial charge in [-0.2, -0.15) is 0 Å². The van der Waals surface area contributed by atoms with E-state index in [0.717, 1.165) is 16.1 Å². The Kier molecular flexibility index (Phi) is 4.59. The standard InChI is InChI=1S/C15H17N3O2S/c1-9-3-4-10(15(20)17-2)6-13(9)18-7-12-5-11(8-21-12)14(16)19/h3-6,8,18H,7H2,1-2H3,(H2,16,19)(H,17,20). The summed E-state index contributed by atoms with van der Waals surface area (Å²) in [6, 6.07) is 7.28. The monoisotopic (exact) mass is 303 g/mol. The minimum atomic E-state index is -0.421. The van der Waals surface area contributed by atoms with Gasteiger partial charge in [-0.1, -0.05) is 6.07 Å². The molecule has 2 amide bonds. The van der Waals surface area contributed by atoms with Crippen LogP contribution in [0.2, 0.25) is 0 Å². The number of carbonyl (C=O) groups is 2. The molecule has 2 aromatic rings. The van der Waals surface area contributed by atoms with Crippen molar-refractivity contribution in [1.82, 2.24) is 5.32 Å². The Balaban J connectivity index is 2.11. The molecule has 6 heteroatoms. The highest BCUT2D eigenvalue weighted by Gasteiger charge is 2.08. The van der Waals surface area contributed by atoms with E-state index in [4.69, 9.17) is 5.73 Å². The molecular formula is C15H17N3O2S. The molecule has 4 N–H and O–H groups in total. The van der Waals surface area contributed by atoms with Crippen LogP contribution in [0.5, 0.6) is 0 Å². The van der Waals surface area contributed by atoms with Gasteiger partial charge in [0.25, 0.3) is 5.91 Å². The Morgan fingerprint density at radius 1 is 1.24 bits per heavy atom. The van der Waals surface area contributed by atoms with Gasteiger partial charge in [-0.15, -0.1) is 11.3 Å². The summed E-state index contributed by atoms with van der Waals surface area (Å²) >= 11 is 1.48. The summed E-state index contributed by atoms with van der Waals surface area (Å²) in [4.78, 5) is 23.7. The Hall–Kier alpha value is -2.34. The van der Waals surface area contributed by atoms with Gasteiger partial charge in [-0.05, 0) is 30.7 Å². The highest BCUT2D eigenvalue weighted by Crippen LogP contribution is 2.20. The molecule has 0 aliphatic rings. The molecule has 0 saturated carbocycles. The van der Waals surface area contributed by atoms with Crippen LogP contribution in [0.25, 0.3) is 0 Å². The molecular weight excluding hydrogens is 286 g/mol. The molecule has 0 fully saturated rings. The summed E-state index contributed by atoms with van der Waals surface area (Å²) in [6.45, 7) is 2.55. The van der Waals surface area contributed by atoms with Crippen LogP contribution in [0.4, 0.5) is 5.69 Å². The number of hydrogen-bond donors (Lipinski definition) is 3. The van der Waals surface area contributed by atoms with Gasteiger partial charge in [0.1, 0.15) is 0 Å². The normalized spacial score (nSPS) is 10.2. The summed E-state index contributed by atoms with van der Waals surface area (Å²) in [6.07, 6.45) is 0. The molecule has 1 aromatic heterocycles. The number of hydrogen-bond acceptors (Lipinski definition) is 4. The maximum absolute atomic E-state index is 11.6. The topological polar surface area (TPSA) is 84.2 Å². The van der Waals surface area contributed by atoms with Crippen LogP contribution in [0.1, 0.15) is 31.2 Å². The molecule has 0 aliphatic heterocycles. The fraction of sp³-hybridized carbons (Fsp3) is 0.200. The van der Waals surface area contributed by atoms with Gasteiger partial charge in [0.2, 0.25) is 5.91 Å². The number of carbonyl (C=O) groups excluding carboxylic acids is 2. The lowest BCUT2D eigenvalue weighted by atomic mass is 10.1. The molecule has 1 heterocycles. The Bertz CT molecular complexity index is 679. The van der Waals surface area contributed by atoms with Crippen LogP contribution in [0.15, 0.2) is 29.6 Å². The van der Waals surface area contributed by atoms with Crippen molar-refractivity contribution >= 4 is 28.8 Å². The number of thiophene rings is 1. The van der Waals surface area contributed by atoms with Crippen LogP contribution in [-0.4, -0.2) is 18.9 Å². The smallest absolute Gasteiger partial charge is 0.251 e. The lowest BCUT2D eigenvalue weighted by molar-refractivity contribution is 0.0961. The van der Waals surface area contributed by atoms with Gasteiger partial charge in [-0.25, -0.2) is 0 Å². The molecule has 1 aromatic carbocycles. The fourth-order valence-electron chi connectivity index (χ4n) is 1.88. The highest BCUT2D eigenvalue weighted by atomic mass is 32.1. The van der Waals surface area contributed by atoms with Crippen LogP contribution in [0.3, 0.4) is 0 Å². The van der Waals surface area contributed by atoms with E-state index in [9.17, 15) is 9.59 Å². The third kappa shape index (κ3) is 3.61. The lowest BCUT2D eigenvalue weighted by Gasteiger charge is -2.10. The summed E-state index contributed by atoms with van der Waals surface area (Å²) in [5.41, 5.74) is 8.30.